The highest BCUT2D eigenvalue weighted by Crippen LogP contribution is 2.16. The maximum absolute atomic E-state index is 5.75. The monoisotopic (exact) mass is 396 g/mol. The van der Waals surface area contributed by atoms with Crippen LogP contribution in [-0.4, -0.2) is 11.9 Å². The molecule has 0 heterocycles. The summed E-state index contributed by atoms with van der Waals surface area (Å²) in [6.45, 7) is 3.11. The van der Waals surface area contributed by atoms with Crippen molar-refractivity contribution in [3.8, 4) is 5.75 Å². The number of alkyl halides is 1. The van der Waals surface area contributed by atoms with E-state index in [-0.39, 0.29) is 0 Å². The largest absolute Gasteiger partial charge is 0.494 e. The Balaban J connectivity index is 1.97. The molecule has 1 nitrogen and oxygen atoms in total. The molecule has 1 aromatic rings. The van der Waals surface area contributed by atoms with E-state index in [4.69, 9.17) is 4.74 Å². The van der Waals surface area contributed by atoms with E-state index in [1.807, 2.05) is 0 Å². The third kappa shape index (κ3) is 11.9. The number of benzene rings is 1. The summed E-state index contributed by atoms with van der Waals surface area (Å²) in [4.78, 5) is 0. The van der Waals surface area contributed by atoms with Gasteiger partial charge < -0.3 is 4.74 Å². The quantitative estimate of drug-likeness (QED) is 0.205. The van der Waals surface area contributed by atoms with Crippen molar-refractivity contribution in [3.05, 3.63) is 29.8 Å². The van der Waals surface area contributed by atoms with Crippen LogP contribution in [0.1, 0.15) is 89.5 Å². The van der Waals surface area contributed by atoms with Gasteiger partial charge in [0, 0.05) is 5.33 Å². The Morgan fingerprint density at radius 3 is 1.88 bits per heavy atom. The Kier molecular flexibility index (Phi) is 14.4. The minimum Gasteiger partial charge on any atom is -0.494 e. The van der Waals surface area contributed by atoms with E-state index >= 15 is 0 Å². The number of halogens is 1. The third-order valence-corrected chi connectivity index (χ3v) is 5.10. The molecule has 0 fully saturated rings. The molecule has 138 valence electrons. The fraction of sp³-hybridized carbons (Fsp3) is 0.727. The summed E-state index contributed by atoms with van der Waals surface area (Å²) in [5.74, 6) is 1.01. The first-order valence-electron chi connectivity index (χ1n) is 10.1. The highest BCUT2D eigenvalue weighted by molar-refractivity contribution is 9.09. The lowest BCUT2D eigenvalue weighted by atomic mass is 10.0. The van der Waals surface area contributed by atoms with Gasteiger partial charge in [0.25, 0.3) is 0 Å². The van der Waals surface area contributed by atoms with Crippen molar-refractivity contribution in [3.63, 3.8) is 0 Å². The highest BCUT2D eigenvalue weighted by atomic mass is 79.9. The molecule has 0 unspecified atom stereocenters. The van der Waals surface area contributed by atoms with Gasteiger partial charge in [-0.15, -0.1) is 0 Å². The second-order valence-electron chi connectivity index (χ2n) is 6.82. The number of hydrogen-bond donors (Lipinski definition) is 0. The van der Waals surface area contributed by atoms with Crippen molar-refractivity contribution in [2.45, 2.75) is 90.4 Å². The summed E-state index contributed by atoms with van der Waals surface area (Å²) in [5.41, 5.74) is 1.45. The third-order valence-electron chi connectivity index (χ3n) is 4.54. The highest BCUT2D eigenvalue weighted by Gasteiger charge is 1.97. The second kappa shape index (κ2) is 16.0. The van der Waals surface area contributed by atoms with Gasteiger partial charge in [-0.1, -0.05) is 92.8 Å². The number of rotatable bonds is 16. The molecule has 0 saturated heterocycles. The van der Waals surface area contributed by atoms with E-state index in [0.717, 1.165) is 24.1 Å². The average Bonchev–Trinajstić information content (AvgIpc) is 2.61. The molecule has 0 aliphatic heterocycles. The van der Waals surface area contributed by atoms with Crippen LogP contribution >= 0.6 is 15.9 Å². The summed E-state index contributed by atoms with van der Waals surface area (Å²) >= 11 is 3.45. The van der Waals surface area contributed by atoms with E-state index in [1.54, 1.807) is 0 Å². The van der Waals surface area contributed by atoms with Crippen molar-refractivity contribution in [1.29, 1.82) is 0 Å². The molecule has 0 aliphatic carbocycles. The SMILES string of the molecule is CCCCCCCCCCCCc1ccc(OCCCCBr)cc1. The summed E-state index contributed by atoms with van der Waals surface area (Å²) in [7, 11) is 0. The van der Waals surface area contributed by atoms with Gasteiger partial charge in [0.2, 0.25) is 0 Å². The van der Waals surface area contributed by atoms with E-state index in [0.29, 0.717) is 0 Å². The normalized spacial score (nSPS) is 10.9. The number of unbranched alkanes of at least 4 members (excludes halogenated alkanes) is 10. The van der Waals surface area contributed by atoms with Crippen molar-refractivity contribution >= 4 is 15.9 Å². The number of hydrogen-bond acceptors (Lipinski definition) is 1. The van der Waals surface area contributed by atoms with Crippen molar-refractivity contribution in [2.75, 3.05) is 11.9 Å². The van der Waals surface area contributed by atoms with Gasteiger partial charge in [-0.25, -0.2) is 0 Å². The van der Waals surface area contributed by atoms with Crippen LogP contribution in [0.4, 0.5) is 0 Å². The first kappa shape index (κ1) is 21.5. The maximum atomic E-state index is 5.75. The molecule has 0 atom stereocenters. The van der Waals surface area contributed by atoms with Crippen LogP contribution in [0.25, 0.3) is 0 Å². The Hall–Kier alpha value is -0.500. The molecule has 0 radical (unpaired) electrons. The molecule has 0 amide bonds. The summed E-state index contributed by atoms with van der Waals surface area (Å²) in [5, 5.41) is 1.06. The molecule has 0 saturated carbocycles. The number of aryl methyl sites for hydroxylation is 1. The van der Waals surface area contributed by atoms with Crippen molar-refractivity contribution < 1.29 is 4.74 Å². The molecular formula is C22H37BrO. The molecule has 1 rings (SSSR count). The number of ether oxygens (including phenoxy) is 1. The molecule has 0 spiro atoms. The van der Waals surface area contributed by atoms with E-state index in [9.17, 15) is 0 Å². The molecule has 0 N–H and O–H groups in total. The van der Waals surface area contributed by atoms with Crippen LogP contribution < -0.4 is 4.74 Å². The standard InChI is InChI=1S/C22H37BrO/c1-2-3-4-5-6-7-8-9-10-11-14-21-15-17-22(18-16-21)24-20-13-12-19-23/h15-18H,2-14,19-20H2,1H3. The van der Waals surface area contributed by atoms with Crippen LogP contribution in [0.2, 0.25) is 0 Å². The second-order valence-corrected chi connectivity index (χ2v) is 7.61. The van der Waals surface area contributed by atoms with E-state index in [2.05, 4.69) is 47.1 Å². The lowest BCUT2D eigenvalue weighted by Crippen LogP contribution is -1.97. The van der Waals surface area contributed by atoms with Crippen LogP contribution in [0.5, 0.6) is 5.75 Å². The summed E-state index contributed by atoms with van der Waals surface area (Å²) < 4.78 is 5.75. The predicted octanol–water partition coefficient (Wildman–Crippen LogP) is 7.70. The average molecular weight is 397 g/mol. The van der Waals surface area contributed by atoms with Crippen LogP contribution in [0.15, 0.2) is 24.3 Å². The minimum absolute atomic E-state index is 0.823. The zero-order valence-electron chi connectivity index (χ0n) is 15.7. The zero-order valence-corrected chi connectivity index (χ0v) is 17.3. The molecule has 2 heteroatoms. The maximum Gasteiger partial charge on any atom is 0.119 e. The summed E-state index contributed by atoms with van der Waals surface area (Å²) in [6, 6.07) is 8.71. The molecule has 0 bridgehead atoms. The molecular weight excluding hydrogens is 360 g/mol. The minimum atomic E-state index is 0.823. The van der Waals surface area contributed by atoms with Gasteiger partial charge >= 0.3 is 0 Å². The van der Waals surface area contributed by atoms with Gasteiger partial charge in [-0.05, 0) is 43.4 Å². The van der Waals surface area contributed by atoms with E-state index in [1.165, 1.54) is 82.6 Å². The lowest BCUT2D eigenvalue weighted by molar-refractivity contribution is 0.310. The topological polar surface area (TPSA) is 9.23 Å². The molecule has 0 aliphatic rings. The van der Waals surface area contributed by atoms with E-state index < -0.39 is 0 Å². The fourth-order valence-electron chi connectivity index (χ4n) is 2.96. The molecule has 24 heavy (non-hydrogen) atoms. The lowest BCUT2D eigenvalue weighted by Gasteiger charge is -2.07. The van der Waals surface area contributed by atoms with Crippen molar-refractivity contribution in [2.24, 2.45) is 0 Å². The van der Waals surface area contributed by atoms with Crippen molar-refractivity contribution in [1.82, 2.24) is 0 Å². The van der Waals surface area contributed by atoms with Gasteiger partial charge in [0.1, 0.15) is 5.75 Å². The Bertz CT molecular complexity index is 374. The van der Waals surface area contributed by atoms with Crippen LogP contribution in [0, 0.1) is 0 Å². The zero-order chi connectivity index (χ0) is 17.3. The van der Waals surface area contributed by atoms with Crippen LogP contribution in [-0.2, 0) is 6.42 Å². The first-order chi connectivity index (χ1) is 11.9. The fourth-order valence-corrected chi connectivity index (χ4v) is 3.35. The smallest absolute Gasteiger partial charge is 0.119 e. The predicted molar refractivity (Wildman–Crippen MR) is 111 cm³/mol. The van der Waals surface area contributed by atoms with Gasteiger partial charge in [-0.3, -0.25) is 0 Å². The van der Waals surface area contributed by atoms with Crippen LogP contribution in [0.3, 0.4) is 0 Å². The Labute approximate surface area is 158 Å². The Morgan fingerprint density at radius 1 is 0.708 bits per heavy atom. The molecule has 1 aromatic carbocycles. The first-order valence-corrected chi connectivity index (χ1v) is 11.3. The van der Waals surface area contributed by atoms with Gasteiger partial charge in [-0.2, -0.15) is 0 Å². The van der Waals surface area contributed by atoms with Gasteiger partial charge in [0.05, 0.1) is 6.61 Å². The Morgan fingerprint density at radius 2 is 1.29 bits per heavy atom. The summed E-state index contributed by atoms with van der Waals surface area (Å²) in [6.07, 6.45) is 17.6. The van der Waals surface area contributed by atoms with Gasteiger partial charge in [0.15, 0.2) is 0 Å². The molecule has 0 aromatic heterocycles.